The van der Waals surface area contributed by atoms with Gasteiger partial charge in [-0.1, -0.05) is 84.9 Å². The Morgan fingerprint density at radius 3 is 1.79 bits per heavy atom. The largest absolute Gasteiger partial charge is 0.356 e. The maximum Gasteiger partial charge on any atom is 0.0440 e. The monoisotopic (exact) mass is 451 g/mol. The lowest BCUT2D eigenvalue weighted by molar-refractivity contribution is 1.54. The second-order valence-corrected chi connectivity index (χ2v) is 9.73. The Kier molecular flexibility index (Phi) is 4.39. The molecule has 7 aromatic rings. The summed E-state index contributed by atoms with van der Waals surface area (Å²) in [5.41, 5.74) is 4.66. The average Bonchev–Trinajstić information content (AvgIpc) is 3.29. The summed E-state index contributed by atoms with van der Waals surface area (Å²) in [4.78, 5) is 0. The molecule has 0 fully saturated rings. The second kappa shape index (κ2) is 7.72. The topological polar surface area (TPSA) is 12.0 Å². The van der Waals surface area contributed by atoms with Crippen molar-refractivity contribution in [2.75, 3.05) is 5.32 Å². The summed E-state index contributed by atoms with van der Waals surface area (Å²) < 4.78 is 2.71. The summed E-state index contributed by atoms with van der Waals surface area (Å²) in [5.74, 6) is 0. The van der Waals surface area contributed by atoms with Gasteiger partial charge in [-0.05, 0) is 63.7 Å². The number of para-hydroxylation sites is 1. The van der Waals surface area contributed by atoms with Crippen molar-refractivity contribution in [3.63, 3.8) is 0 Å². The van der Waals surface area contributed by atoms with Gasteiger partial charge in [-0.3, -0.25) is 0 Å². The molecule has 1 aromatic heterocycles. The van der Waals surface area contributed by atoms with Gasteiger partial charge < -0.3 is 5.32 Å². The van der Waals surface area contributed by atoms with Crippen LogP contribution in [-0.2, 0) is 0 Å². The van der Waals surface area contributed by atoms with Gasteiger partial charge >= 0.3 is 0 Å². The highest BCUT2D eigenvalue weighted by Gasteiger charge is 2.14. The number of thiophene rings is 1. The minimum atomic E-state index is 1.09. The van der Waals surface area contributed by atoms with Crippen LogP contribution in [0.15, 0.2) is 121 Å². The normalized spacial score (nSPS) is 11.5. The van der Waals surface area contributed by atoms with E-state index >= 15 is 0 Å². The summed E-state index contributed by atoms with van der Waals surface area (Å²) >= 11 is 1.90. The second-order valence-electron chi connectivity index (χ2n) is 8.68. The van der Waals surface area contributed by atoms with Crippen LogP contribution in [-0.4, -0.2) is 0 Å². The molecule has 1 N–H and O–H groups in total. The van der Waals surface area contributed by atoms with Crippen molar-refractivity contribution in [3.05, 3.63) is 121 Å². The first-order chi connectivity index (χ1) is 16.8. The van der Waals surface area contributed by atoms with Gasteiger partial charge in [-0.25, -0.2) is 0 Å². The fraction of sp³-hybridized carbons (Fsp3) is 0. The molecule has 0 spiro atoms. The lowest BCUT2D eigenvalue weighted by atomic mass is 9.96. The van der Waals surface area contributed by atoms with E-state index in [-0.39, 0.29) is 0 Å². The number of hydrogen-bond acceptors (Lipinski definition) is 2. The third-order valence-electron chi connectivity index (χ3n) is 6.63. The zero-order chi connectivity index (χ0) is 22.5. The van der Waals surface area contributed by atoms with Crippen LogP contribution >= 0.6 is 11.3 Å². The van der Waals surface area contributed by atoms with Crippen LogP contribution < -0.4 is 5.32 Å². The van der Waals surface area contributed by atoms with Crippen molar-refractivity contribution in [3.8, 4) is 11.1 Å². The maximum atomic E-state index is 3.47. The zero-order valence-corrected chi connectivity index (χ0v) is 19.3. The predicted molar refractivity (Wildman–Crippen MR) is 150 cm³/mol. The highest BCUT2D eigenvalue weighted by atomic mass is 32.1. The molecule has 1 nitrogen and oxygen atoms in total. The lowest BCUT2D eigenvalue weighted by Gasteiger charge is -2.09. The molecule has 7 rings (SSSR count). The lowest BCUT2D eigenvalue weighted by Crippen LogP contribution is -1.89. The van der Waals surface area contributed by atoms with E-state index in [0.717, 1.165) is 11.4 Å². The van der Waals surface area contributed by atoms with Crippen molar-refractivity contribution in [1.82, 2.24) is 0 Å². The third kappa shape index (κ3) is 3.07. The quantitative estimate of drug-likeness (QED) is 0.264. The number of nitrogens with one attached hydrogen (secondary N) is 1. The summed E-state index contributed by atoms with van der Waals surface area (Å²) in [6.45, 7) is 0. The molecule has 160 valence electrons. The molecule has 6 aromatic carbocycles. The molecular weight excluding hydrogens is 430 g/mol. The van der Waals surface area contributed by atoms with E-state index in [1.807, 2.05) is 29.5 Å². The van der Waals surface area contributed by atoms with Crippen LogP contribution in [0.4, 0.5) is 11.4 Å². The molecule has 1 heterocycles. The summed E-state index contributed by atoms with van der Waals surface area (Å²) in [5, 5.41) is 11.5. The Bertz CT molecular complexity index is 1810. The molecule has 2 heteroatoms. The molecule has 0 unspecified atom stereocenters. The van der Waals surface area contributed by atoms with Gasteiger partial charge in [0.1, 0.15) is 0 Å². The van der Waals surface area contributed by atoms with Crippen LogP contribution in [0.1, 0.15) is 0 Å². The van der Waals surface area contributed by atoms with E-state index in [2.05, 4.69) is 108 Å². The van der Waals surface area contributed by atoms with Gasteiger partial charge in [-0.15, -0.1) is 11.3 Å². The first-order valence-electron chi connectivity index (χ1n) is 11.5. The Hall–Kier alpha value is -4.14. The number of hydrogen-bond donors (Lipinski definition) is 1. The van der Waals surface area contributed by atoms with Crippen LogP contribution in [0.3, 0.4) is 0 Å². The molecule has 0 bridgehead atoms. The van der Waals surface area contributed by atoms with Crippen molar-refractivity contribution >= 4 is 64.4 Å². The minimum Gasteiger partial charge on any atom is -0.356 e. The summed E-state index contributed by atoms with van der Waals surface area (Å²) in [7, 11) is 0. The number of benzene rings is 6. The Morgan fingerprint density at radius 2 is 1.03 bits per heavy atom. The highest BCUT2D eigenvalue weighted by molar-refractivity contribution is 7.27. The van der Waals surface area contributed by atoms with Gasteiger partial charge in [0.05, 0.1) is 0 Å². The zero-order valence-electron chi connectivity index (χ0n) is 18.5. The summed E-state index contributed by atoms with van der Waals surface area (Å²) in [6, 6.07) is 43.5. The minimum absolute atomic E-state index is 1.09. The van der Waals surface area contributed by atoms with Crippen LogP contribution in [0.25, 0.3) is 52.8 Å². The van der Waals surface area contributed by atoms with E-state index in [1.165, 1.54) is 52.8 Å². The van der Waals surface area contributed by atoms with Crippen molar-refractivity contribution in [2.45, 2.75) is 0 Å². The molecule has 0 saturated heterocycles. The van der Waals surface area contributed by atoms with Crippen molar-refractivity contribution in [2.24, 2.45) is 0 Å². The van der Waals surface area contributed by atoms with E-state index in [0.29, 0.717) is 0 Å². The molecular formula is C32H21NS. The SMILES string of the molecule is c1ccc(Nc2ccc(-c3ccc4sc5c6ccccc6c6ccccc6c5c4c3)cc2)cc1. The third-order valence-corrected chi connectivity index (χ3v) is 7.83. The van der Waals surface area contributed by atoms with E-state index < -0.39 is 0 Å². The standard InChI is InChI=1S/C32H21NS/c1-2-8-23(9-3-1)33-24-17-14-21(15-18-24)22-16-19-30-29(20-22)31-27-12-6-4-10-25(27)26-11-5-7-13-28(26)32(31)34-30/h1-20,33H. The summed E-state index contributed by atoms with van der Waals surface area (Å²) in [6.07, 6.45) is 0. The molecule has 0 atom stereocenters. The number of rotatable bonds is 3. The van der Waals surface area contributed by atoms with Crippen LogP contribution in [0.5, 0.6) is 0 Å². The fourth-order valence-corrected chi connectivity index (χ4v) is 6.26. The van der Waals surface area contributed by atoms with Crippen LogP contribution in [0.2, 0.25) is 0 Å². The predicted octanol–water partition coefficient (Wildman–Crippen LogP) is 9.77. The molecule has 0 aliphatic carbocycles. The van der Waals surface area contributed by atoms with Gasteiger partial charge in [0.25, 0.3) is 0 Å². The van der Waals surface area contributed by atoms with Gasteiger partial charge in [0.2, 0.25) is 0 Å². The molecule has 34 heavy (non-hydrogen) atoms. The number of fused-ring (bicyclic) bond motifs is 8. The first kappa shape index (κ1) is 19.3. The van der Waals surface area contributed by atoms with Gasteiger partial charge in [0.15, 0.2) is 0 Å². The molecule has 0 saturated carbocycles. The Morgan fingerprint density at radius 1 is 0.441 bits per heavy atom. The Balaban J connectivity index is 1.39. The smallest absolute Gasteiger partial charge is 0.0440 e. The highest BCUT2D eigenvalue weighted by Crippen LogP contribution is 2.44. The Labute approximate surface area is 201 Å². The van der Waals surface area contributed by atoms with Gasteiger partial charge in [0, 0.05) is 36.9 Å². The maximum absolute atomic E-state index is 3.47. The van der Waals surface area contributed by atoms with Crippen molar-refractivity contribution < 1.29 is 0 Å². The molecule has 0 aliphatic heterocycles. The van der Waals surface area contributed by atoms with E-state index in [9.17, 15) is 0 Å². The van der Waals surface area contributed by atoms with E-state index in [1.54, 1.807) is 0 Å². The fourth-order valence-electron chi connectivity index (χ4n) is 5.02. The first-order valence-corrected chi connectivity index (χ1v) is 12.3. The van der Waals surface area contributed by atoms with E-state index in [4.69, 9.17) is 0 Å². The van der Waals surface area contributed by atoms with Crippen molar-refractivity contribution in [1.29, 1.82) is 0 Å². The van der Waals surface area contributed by atoms with Crippen LogP contribution in [0, 0.1) is 0 Å². The average molecular weight is 452 g/mol. The van der Waals surface area contributed by atoms with Gasteiger partial charge in [-0.2, -0.15) is 0 Å². The molecule has 0 radical (unpaired) electrons. The molecule has 0 aliphatic rings. The number of anilines is 2. The molecule has 0 amide bonds.